The van der Waals surface area contributed by atoms with Gasteiger partial charge in [0.05, 0.1) is 18.8 Å². The molecule has 1 N–H and O–H groups in total. The fourth-order valence-corrected chi connectivity index (χ4v) is 3.22. The first-order valence-corrected chi connectivity index (χ1v) is 7.41. The van der Waals surface area contributed by atoms with Gasteiger partial charge < -0.3 is 14.6 Å². The summed E-state index contributed by atoms with van der Waals surface area (Å²) < 4.78 is 11.0. The van der Waals surface area contributed by atoms with Crippen LogP contribution in [0.5, 0.6) is 0 Å². The highest BCUT2D eigenvalue weighted by molar-refractivity contribution is 5.81. The molecule has 2 saturated heterocycles. The number of fused-ring (bicyclic) bond motifs is 1. The summed E-state index contributed by atoms with van der Waals surface area (Å²) in [4.78, 5) is 24.6. The number of carbonyl (C=O) groups is 2. The molecule has 2 heterocycles. The fraction of sp³-hybridized carbons (Fsp3) is 0.500. The number of carboxylic acids is 1. The van der Waals surface area contributed by atoms with Crippen molar-refractivity contribution in [2.24, 2.45) is 5.92 Å². The predicted molar refractivity (Wildman–Crippen MR) is 77.2 cm³/mol. The summed E-state index contributed by atoms with van der Waals surface area (Å²) in [7, 11) is 0. The molecule has 2 fully saturated rings. The number of hydrogen-bond donors (Lipinski definition) is 1. The van der Waals surface area contributed by atoms with E-state index in [9.17, 15) is 14.7 Å². The van der Waals surface area contributed by atoms with Gasteiger partial charge in [-0.25, -0.2) is 9.59 Å². The van der Waals surface area contributed by atoms with Gasteiger partial charge in [0.25, 0.3) is 0 Å². The number of rotatable bonds is 4. The summed E-state index contributed by atoms with van der Waals surface area (Å²) in [5, 5.41) is 9.39. The number of carbonyl (C=O) groups excluding carboxylic acids is 1. The Balaban J connectivity index is 1.72. The molecular formula is C16H19NO5. The van der Waals surface area contributed by atoms with Crippen LogP contribution in [0.2, 0.25) is 0 Å². The zero-order valence-electron chi connectivity index (χ0n) is 12.3. The second kappa shape index (κ2) is 5.96. The Morgan fingerprint density at radius 3 is 2.82 bits per heavy atom. The maximum absolute atomic E-state index is 11.8. The molecule has 2 aliphatic heterocycles. The van der Waals surface area contributed by atoms with E-state index >= 15 is 0 Å². The number of hydrogen-bond acceptors (Lipinski definition) is 4. The maximum Gasteiger partial charge on any atom is 0.410 e. The molecule has 1 aromatic carbocycles. The molecule has 0 aromatic heterocycles. The number of piperidine rings is 1. The van der Waals surface area contributed by atoms with Crippen LogP contribution in [0.1, 0.15) is 18.9 Å². The number of ether oxygens (including phenoxy) is 2. The molecule has 6 nitrogen and oxygen atoms in total. The summed E-state index contributed by atoms with van der Waals surface area (Å²) in [6.45, 7) is 2.64. The van der Waals surface area contributed by atoms with Crippen molar-refractivity contribution in [1.29, 1.82) is 0 Å². The van der Waals surface area contributed by atoms with Gasteiger partial charge in [-0.2, -0.15) is 0 Å². The normalized spacial score (nSPS) is 30.8. The molecule has 0 spiro atoms. The van der Waals surface area contributed by atoms with E-state index in [1.165, 1.54) is 4.90 Å². The number of cyclic esters (lactones) is 1. The van der Waals surface area contributed by atoms with Gasteiger partial charge in [0.1, 0.15) is 12.6 Å². The standard InChI is InChI=1S/C16H19NO5/c1-10-13-9-22-16(20)17(13)12(15(18)19)7-14(10)21-8-11-5-3-2-4-6-11/h2-6,10,12-14H,7-9H2,1H3,(H,18,19)/t10-,12-,13-,14+/m0/s1. The van der Waals surface area contributed by atoms with Gasteiger partial charge in [-0.15, -0.1) is 0 Å². The van der Waals surface area contributed by atoms with Crippen LogP contribution in [-0.4, -0.2) is 46.9 Å². The largest absolute Gasteiger partial charge is 0.480 e. The van der Waals surface area contributed by atoms with Crippen molar-refractivity contribution in [3.63, 3.8) is 0 Å². The molecule has 0 saturated carbocycles. The monoisotopic (exact) mass is 305 g/mol. The average molecular weight is 305 g/mol. The Morgan fingerprint density at radius 2 is 2.14 bits per heavy atom. The van der Waals surface area contributed by atoms with E-state index in [-0.39, 0.29) is 31.1 Å². The highest BCUT2D eigenvalue weighted by Crippen LogP contribution is 2.35. The molecule has 2 aliphatic rings. The van der Waals surface area contributed by atoms with Crippen LogP contribution in [0.4, 0.5) is 4.79 Å². The van der Waals surface area contributed by atoms with E-state index in [0.29, 0.717) is 6.61 Å². The van der Waals surface area contributed by atoms with E-state index in [0.717, 1.165) is 5.56 Å². The van der Waals surface area contributed by atoms with E-state index < -0.39 is 18.1 Å². The molecule has 3 rings (SSSR count). The summed E-state index contributed by atoms with van der Waals surface area (Å²) in [6.07, 6.45) is -0.461. The van der Waals surface area contributed by atoms with Crippen LogP contribution in [-0.2, 0) is 20.9 Å². The number of amides is 1. The van der Waals surface area contributed by atoms with Gasteiger partial charge in [-0.1, -0.05) is 37.3 Å². The third-order valence-corrected chi connectivity index (χ3v) is 4.52. The molecule has 0 aliphatic carbocycles. The SMILES string of the molecule is C[C@@H]1[C@H](OCc2ccccc2)C[C@@H](C(=O)O)N2C(=O)OC[C@@H]12. The number of benzene rings is 1. The van der Waals surface area contributed by atoms with Gasteiger partial charge in [0.2, 0.25) is 0 Å². The lowest BCUT2D eigenvalue weighted by Crippen LogP contribution is -2.57. The second-order valence-electron chi connectivity index (χ2n) is 5.84. The molecule has 6 heteroatoms. The topological polar surface area (TPSA) is 76.1 Å². The van der Waals surface area contributed by atoms with Crippen molar-refractivity contribution in [3.8, 4) is 0 Å². The lowest BCUT2D eigenvalue weighted by Gasteiger charge is -2.41. The van der Waals surface area contributed by atoms with Crippen LogP contribution < -0.4 is 0 Å². The number of carboxylic acid groups (broad SMARTS) is 1. The van der Waals surface area contributed by atoms with Crippen molar-refractivity contribution < 1.29 is 24.2 Å². The van der Waals surface area contributed by atoms with E-state index in [2.05, 4.69) is 0 Å². The van der Waals surface area contributed by atoms with Crippen molar-refractivity contribution in [3.05, 3.63) is 35.9 Å². The van der Waals surface area contributed by atoms with Crippen molar-refractivity contribution in [2.75, 3.05) is 6.61 Å². The smallest absolute Gasteiger partial charge is 0.410 e. The molecular weight excluding hydrogens is 286 g/mol. The van der Waals surface area contributed by atoms with Crippen molar-refractivity contribution >= 4 is 12.1 Å². The zero-order valence-corrected chi connectivity index (χ0v) is 12.3. The Labute approximate surface area is 128 Å². The van der Waals surface area contributed by atoms with Crippen LogP contribution in [0.3, 0.4) is 0 Å². The minimum absolute atomic E-state index is 0.0331. The Kier molecular flexibility index (Phi) is 4.02. The van der Waals surface area contributed by atoms with Crippen LogP contribution in [0.25, 0.3) is 0 Å². The zero-order chi connectivity index (χ0) is 15.7. The minimum atomic E-state index is -1.01. The predicted octanol–water partition coefficient (Wildman–Crippen LogP) is 1.89. The quantitative estimate of drug-likeness (QED) is 0.919. The summed E-state index contributed by atoms with van der Waals surface area (Å²) >= 11 is 0. The molecule has 0 radical (unpaired) electrons. The Hall–Kier alpha value is -2.08. The van der Waals surface area contributed by atoms with Gasteiger partial charge in [-0.05, 0) is 5.56 Å². The third-order valence-electron chi connectivity index (χ3n) is 4.52. The Morgan fingerprint density at radius 1 is 1.41 bits per heavy atom. The molecule has 22 heavy (non-hydrogen) atoms. The number of nitrogens with zero attached hydrogens (tertiary/aromatic N) is 1. The lowest BCUT2D eigenvalue weighted by molar-refractivity contribution is -0.149. The van der Waals surface area contributed by atoms with E-state index in [4.69, 9.17) is 9.47 Å². The first-order chi connectivity index (χ1) is 10.6. The lowest BCUT2D eigenvalue weighted by atomic mass is 9.85. The third kappa shape index (κ3) is 2.66. The van der Waals surface area contributed by atoms with Gasteiger partial charge in [0.15, 0.2) is 0 Å². The van der Waals surface area contributed by atoms with Crippen LogP contribution in [0, 0.1) is 5.92 Å². The highest BCUT2D eigenvalue weighted by atomic mass is 16.6. The van der Waals surface area contributed by atoms with Crippen LogP contribution >= 0.6 is 0 Å². The molecule has 1 aromatic rings. The minimum Gasteiger partial charge on any atom is -0.480 e. The van der Waals surface area contributed by atoms with Crippen molar-refractivity contribution in [2.45, 2.75) is 38.1 Å². The summed E-state index contributed by atoms with van der Waals surface area (Å²) in [5.74, 6) is -0.977. The average Bonchev–Trinajstić information content (AvgIpc) is 2.90. The van der Waals surface area contributed by atoms with E-state index in [1.807, 2.05) is 37.3 Å². The van der Waals surface area contributed by atoms with E-state index in [1.54, 1.807) is 0 Å². The molecule has 1 amide bonds. The maximum atomic E-state index is 11.8. The molecule has 0 unspecified atom stereocenters. The first kappa shape index (κ1) is 14.8. The molecule has 4 atom stereocenters. The number of aliphatic carboxylic acids is 1. The van der Waals surface area contributed by atoms with Gasteiger partial charge in [0, 0.05) is 12.3 Å². The van der Waals surface area contributed by atoms with Crippen LogP contribution in [0.15, 0.2) is 30.3 Å². The molecule has 0 bridgehead atoms. The van der Waals surface area contributed by atoms with Gasteiger partial charge >= 0.3 is 12.1 Å². The molecule has 118 valence electrons. The van der Waals surface area contributed by atoms with Crippen molar-refractivity contribution in [1.82, 2.24) is 4.90 Å². The summed E-state index contributed by atoms with van der Waals surface area (Å²) in [6, 6.07) is 8.64. The van der Waals surface area contributed by atoms with Gasteiger partial charge in [-0.3, -0.25) is 4.90 Å². The summed E-state index contributed by atoms with van der Waals surface area (Å²) in [5.41, 5.74) is 1.04. The fourth-order valence-electron chi connectivity index (χ4n) is 3.22. The highest BCUT2D eigenvalue weighted by Gasteiger charge is 2.51. The second-order valence-corrected chi connectivity index (χ2v) is 5.84. The Bertz CT molecular complexity index is 561. The first-order valence-electron chi connectivity index (χ1n) is 7.41.